The maximum Gasteiger partial charge on any atom is 0.328 e. The van der Waals surface area contributed by atoms with Gasteiger partial charge in [-0.15, -0.1) is 5.10 Å². The number of unbranched alkanes of at least 4 members (excludes halogenated alkanes) is 1. The van der Waals surface area contributed by atoms with Crippen molar-refractivity contribution in [3.63, 3.8) is 0 Å². The number of tetrazole rings is 1. The molecular weight excluding hydrogens is 414 g/mol. The van der Waals surface area contributed by atoms with Crippen molar-refractivity contribution in [2.24, 2.45) is 5.92 Å². The molecule has 3 heterocycles. The van der Waals surface area contributed by atoms with Crippen LogP contribution in [0.5, 0.6) is 0 Å². The lowest BCUT2D eigenvalue weighted by Crippen LogP contribution is -2.27. The summed E-state index contributed by atoms with van der Waals surface area (Å²) in [6, 6.07) is 12.0. The molecule has 0 spiro atoms. The number of imidazole rings is 1. The average Bonchev–Trinajstić information content (AvgIpc) is 3.42. The Morgan fingerprint density at radius 2 is 1.85 bits per heavy atom. The fourth-order valence-corrected chi connectivity index (χ4v) is 4.21. The second-order valence-electron chi connectivity index (χ2n) is 8.84. The molecule has 0 fully saturated rings. The molecule has 0 bridgehead atoms. The van der Waals surface area contributed by atoms with Crippen molar-refractivity contribution in [2.45, 2.75) is 60.0 Å². The first kappa shape index (κ1) is 22.6. The molecule has 33 heavy (non-hydrogen) atoms. The zero-order valence-corrected chi connectivity index (χ0v) is 19.7. The lowest BCUT2D eigenvalue weighted by molar-refractivity contribution is 0.496. The van der Waals surface area contributed by atoms with E-state index < -0.39 is 0 Å². The summed E-state index contributed by atoms with van der Waals surface area (Å²) in [6.45, 7) is 9.73. The normalized spacial score (nSPS) is 11.4. The van der Waals surface area contributed by atoms with Gasteiger partial charge in [0.05, 0.1) is 12.2 Å². The molecule has 8 nitrogen and oxygen atoms in total. The molecule has 4 aromatic rings. The largest absolute Gasteiger partial charge is 0.328 e. The molecule has 0 atom stereocenters. The Balaban J connectivity index is 1.65. The maximum absolute atomic E-state index is 13.3. The lowest BCUT2D eigenvalue weighted by Gasteiger charge is -2.10. The van der Waals surface area contributed by atoms with E-state index in [1.54, 1.807) is 0 Å². The van der Waals surface area contributed by atoms with Crippen LogP contribution in [0.1, 0.15) is 50.7 Å². The predicted molar refractivity (Wildman–Crippen MR) is 129 cm³/mol. The van der Waals surface area contributed by atoms with Gasteiger partial charge >= 0.3 is 5.69 Å². The number of aromatic amines is 1. The van der Waals surface area contributed by atoms with Crippen LogP contribution < -0.4 is 5.69 Å². The summed E-state index contributed by atoms with van der Waals surface area (Å²) in [5.41, 5.74) is 5.99. The quantitative estimate of drug-likeness (QED) is 0.416. The minimum absolute atomic E-state index is 0.0568. The standard InChI is InChI=1S/C25H31N7O/c1-5-6-11-23-18(4)31(15-17(2)3)25(33)32(23)16-20-13-12-19(14-26-20)21-9-7-8-10-22(21)24-27-29-30-28-24/h7-10,12-14,17H,5-6,11,15-16H2,1-4H3,(H,27,28,29,30). The molecule has 1 aromatic carbocycles. The van der Waals surface area contributed by atoms with E-state index in [1.807, 2.05) is 51.7 Å². The molecule has 3 aromatic heterocycles. The number of hydrogen-bond acceptors (Lipinski definition) is 5. The molecule has 0 radical (unpaired) electrons. The van der Waals surface area contributed by atoms with E-state index in [4.69, 9.17) is 4.98 Å². The monoisotopic (exact) mass is 445 g/mol. The Bertz CT molecular complexity index is 1250. The van der Waals surface area contributed by atoms with Gasteiger partial charge in [0.15, 0.2) is 5.82 Å². The maximum atomic E-state index is 13.3. The van der Waals surface area contributed by atoms with Gasteiger partial charge in [-0.05, 0) is 47.7 Å². The number of aromatic nitrogens is 7. The number of nitrogens with zero attached hydrogens (tertiary/aromatic N) is 6. The molecule has 0 aliphatic rings. The highest BCUT2D eigenvalue weighted by Gasteiger charge is 2.18. The number of hydrogen-bond donors (Lipinski definition) is 1. The van der Waals surface area contributed by atoms with Gasteiger partial charge in [-0.25, -0.2) is 9.89 Å². The molecule has 0 aliphatic heterocycles. The van der Waals surface area contributed by atoms with Crippen LogP contribution >= 0.6 is 0 Å². The van der Waals surface area contributed by atoms with Crippen LogP contribution in [0.2, 0.25) is 0 Å². The van der Waals surface area contributed by atoms with Crippen molar-refractivity contribution in [1.82, 2.24) is 34.7 Å². The van der Waals surface area contributed by atoms with Crippen LogP contribution in [-0.4, -0.2) is 34.7 Å². The highest BCUT2D eigenvalue weighted by atomic mass is 16.1. The van der Waals surface area contributed by atoms with Gasteiger partial charge in [-0.3, -0.25) is 14.1 Å². The fraction of sp³-hybridized carbons (Fsp3) is 0.400. The number of rotatable bonds is 9. The van der Waals surface area contributed by atoms with Crippen molar-refractivity contribution in [3.05, 3.63) is 70.2 Å². The molecule has 8 heteroatoms. The van der Waals surface area contributed by atoms with Crippen molar-refractivity contribution in [1.29, 1.82) is 0 Å². The minimum Gasteiger partial charge on any atom is -0.296 e. The number of pyridine rings is 1. The third-order valence-corrected chi connectivity index (χ3v) is 5.91. The molecule has 0 amide bonds. The van der Waals surface area contributed by atoms with E-state index in [-0.39, 0.29) is 5.69 Å². The predicted octanol–water partition coefficient (Wildman–Crippen LogP) is 4.25. The Hall–Kier alpha value is -3.55. The van der Waals surface area contributed by atoms with Crippen LogP contribution in [0.25, 0.3) is 22.5 Å². The van der Waals surface area contributed by atoms with E-state index in [2.05, 4.69) is 48.3 Å². The summed E-state index contributed by atoms with van der Waals surface area (Å²) in [5.74, 6) is 1.03. The topological polar surface area (TPSA) is 94.3 Å². The van der Waals surface area contributed by atoms with Crippen LogP contribution in [0, 0.1) is 12.8 Å². The second-order valence-corrected chi connectivity index (χ2v) is 8.84. The zero-order chi connectivity index (χ0) is 23.4. The summed E-state index contributed by atoms with van der Waals surface area (Å²) in [4.78, 5) is 18.0. The van der Waals surface area contributed by atoms with E-state index in [0.717, 1.165) is 59.6 Å². The lowest BCUT2D eigenvalue weighted by atomic mass is 10.0. The summed E-state index contributed by atoms with van der Waals surface area (Å²) >= 11 is 0. The highest BCUT2D eigenvalue weighted by molar-refractivity contribution is 5.79. The van der Waals surface area contributed by atoms with Gasteiger partial charge in [0.25, 0.3) is 0 Å². The first-order chi connectivity index (χ1) is 16.0. The minimum atomic E-state index is 0.0568. The number of nitrogens with one attached hydrogen (secondary N) is 1. The van der Waals surface area contributed by atoms with Crippen LogP contribution in [0.4, 0.5) is 0 Å². The van der Waals surface area contributed by atoms with E-state index in [9.17, 15) is 4.79 Å². The summed E-state index contributed by atoms with van der Waals surface area (Å²) in [6.07, 6.45) is 4.91. The highest BCUT2D eigenvalue weighted by Crippen LogP contribution is 2.29. The van der Waals surface area contributed by atoms with E-state index in [1.165, 1.54) is 0 Å². The van der Waals surface area contributed by atoms with Crippen LogP contribution in [-0.2, 0) is 19.5 Å². The molecule has 1 N–H and O–H groups in total. The van der Waals surface area contributed by atoms with Crippen molar-refractivity contribution < 1.29 is 0 Å². The molecule has 172 valence electrons. The van der Waals surface area contributed by atoms with Gasteiger partial charge in [-0.1, -0.05) is 57.5 Å². The molecule has 4 rings (SSSR count). The summed E-state index contributed by atoms with van der Waals surface area (Å²) in [5, 5.41) is 14.2. The zero-order valence-electron chi connectivity index (χ0n) is 19.7. The second kappa shape index (κ2) is 9.94. The molecule has 0 saturated heterocycles. The van der Waals surface area contributed by atoms with Crippen LogP contribution in [0.15, 0.2) is 47.4 Å². The van der Waals surface area contributed by atoms with E-state index >= 15 is 0 Å². The van der Waals surface area contributed by atoms with Gasteiger partial charge in [-0.2, -0.15) is 0 Å². The number of benzene rings is 1. The van der Waals surface area contributed by atoms with E-state index in [0.29, 0.717) is 18.3 Å². The average molecular weight is 446 g/mol. The third-order valence-electron chi connectivity index (χ3n) is 5.91. The summed E-state index contributed by atoms with van der Waals surface area (Å²) < 4.78 is 3.83. The van der Waals surface area contributed by atoms with Crippen molar-refractivity contribution >= 4 is 0 Å². The third kappa shape index (κ3) is 4.79. The summed E-state index contributed by atoms with van der Waals surface area (Å²) in [7, 11) is 0. The Morgan fingerprint density at radius 3 is 2.48 bits per heavy atom. The Labute approximate surface area is 193 Å². The SMILES string of the molecule is CCCCc1c(C)n(CC(C)C)c(=O)n1Cc1ccc(-c2ccccc2-c2nnn[nH]2)cn1. The first-order valence-corrected chi connectivity index (χ1v) is 11.6. The fourth-order valence-electron chi connectivity index (χ4n) is 4.21. The first-order valence-electron chi connectivity index (χ1n) is 11.6. The van der Waals surface area contributed by atoms with Gasteiger partial charge in [0.2, 0.25) is 0 Å². The smallest absolute Gasteiger partial charge is 0.296 e. The van der Waals surface area contributed by atoms with Gasteiger partial charge < -0.3 is 0 Å². The Morgan fingerprint density at radius 1 is 1.06 bits per heavy atom. The van der Waals surface area contributed by atoms with Gasteiger partial charge in [0.1, 0.15) is 0 Å². The van der Waals surface area contributed by atoms with Crippen LogP contribution in [0.3, 0.4) is 0 Å². The molecule has 0 saturated carbocycles. The van der Waals surface area contributed by atoms with Gasteiger partial charge in [0, 0.05) is 35.3 Å². The molecular formula is C25H31N7O. The van der Waals surface area contributed by atoms with Crippen molar-refractivity contribution in [3.8, 4) is 22.5 Å². The van der Waals surface area contributed by atoms with Crippen molar-refractivity contribution in [2.75, 3.05) is 0 Å². The number of H-pyrrole nitrogens is 1. The molecule has 0 unspecified atom stereocenters. The molecule has 0 aliphatic carbocycles. The Kier molecular flexibility index (Phi) is 6.82.